The summed E-state index contributed by atoms with van der Waals surface area (Å²) in [6.45, 7) is 7.36. The molecule has 0 spiro atoms. The van der Waals surface area contributed by atoms with E-state index in [9.17, 15) is 8.78 Å². The first-order chi connectivity index (χ1) is 12.8. The highest BCUT2D eigenvalue weighted by Crippen LogP contribution is 2.31. The maximum absolute atomic E-state index is 13.5. The van der Waals surface area contributed by atoms with E-state index < -0.39 is 11.2 Å². The fourth-order valence-electron chi connectivity index (χ4n) is 3.59. The zero-order valence-electron chi connectivity index (χ0n) is 15.0. The zero-order chi connectivity index (χ0) is 19.2. The molecule has 1 fully saturated rings. The second-order valence-corrected chi connectivity index (χ2v) is 7.17. The molecule has 0 atom stereocenters. The molecule has 3 aromatic rings. The average molecular weight is 393 g/mol. The van der Waals surface area contributed by atoms with E-state index in [0.717, 1.165) is 30.7 Å². The summed E-state index contributed by atoms with van der Waals surface area (Å²) >= 11 is 5.12. The van der Waals surface area contributed by atoms with Gasteiger partial charge in [-0.25, -0.2) is 0 Å². The molecule has 0 bridgehead atoms. The number of fused-ring (bicyclic) bond motifs is 1. The number of halogens is 3. The summed E-state index contributed by atoms with van der Waals surface area (Å²) in [6.07, 6.45) is 0. The van der Waals surface area contributed by atoms with Gasteiger partial charge >= 0.3 is 5.38 Å². The molecule has 0 unspecified atom stereocenters. The summed E-state index contributed by atoms with van der Waals surface area (Å²) in [7, 11) is 0. The van der Waals surface area contributed by atoms with Crippen LogP contribution in [0.1, 0.15) is 17.0 Å². The molecule has 6 nitrogen and oxygen atoms in total. The van der Waals surface area contributed by atoms with Crippen LogP contribution in [0.4, 0.5) is 20.3 Å². The number of aryl methyl sites for hydroxylation is 2. The van der Waals surface area contributed by atoms with Crippen LogP contribution in [-0.2, 0) is 5.38 Å². The van der Waals surface area contributed by atoms with E-state index in [0.29, 0.717) is 5.82 Å². The molecule has 9 heteroatoms. The third-order valence-electron chi connectivity index (χ3n) is 4.86. The van der Waals surface area contributed by atoms with Crippen LogP contribution in [0, 0.1) is 13.8 Å². The van der Waals surface area contributed by atoms with Crippen LogP contribution in [0.2, 0.25) is 0 Å². The first-order valence-corrected chi connectivity index (χ1v) is 9.08. The van der Waals surface area contributed by atoms with Crippen LogP contribution in [0.15, 0.2) is 30.3 Å². The highest BCUT2D eigenvalue weighted by atomic mass is 35.5. The maximum Gasteiger partial charge on any atom is 0.383 e. The fraction of sp³-hybridized carbons (Fsp3) is 0.389. The summed E-state index contributed by atoms with van der Waals surface area (Å²) in [5, 5.41) is 7.84. The number of hydrogen-bond acceptors (Lipinski definition) is 5. The molecule has 0 saturated carbocycles. The van der Waals surface area contributed by atoms with Gasteiger partial charge in [0.25, 0.3) is 0 Å². The van der Waals surface area contributed by atoms with E-state index >= 15 is 0 Å². The number of para-hydroxylation sites is 1. The molecule has 27 heavy (non-hydrogen) atoms. The van der Waals surface area contributed by atoms with E-state index in [1.165, 1.54) is 16.8 Å². The number of alkyl halides is 3. The molecular formula is C18H19ClF2N6. The smallest absolute Gasteiger partial charge is 0.368 e. The Labute approximate surface area is 160 Å². The zero-order valence-corrected chi connectivity index (χ0v) is 15.8. The second-order valence-electron chi connectivity index (χ2n) is 6.70. The highest BCUT2D eigenvalue weighted by molar-refractivity contribution is 6.21. The van der Waals surface area contributed by atoms with E-state index in [1.54, 1.807) is 12.1 Å². The lowest BCUT2D eigenvalue weighted by Crippen LogP contribution is -2.47. The van der Waals surface area contributed by atoms with Crippen molar-refractivity contribution in [3.05, 3.63) is 47.3 Å². The van der Waals surface area contributed by atoms with Gasteiger partial charge in [-0.15, -0.1) is 15.3 Å². The Bertz CT molecular complexity index is 955. The van der Waals surface area contributed by atoms with Crippen molar-refractivity contribution in [1.29, 1.82) is 0 Å². The van der Waals surface area contributed by atoms with Gasteiger partial charge in [-0.2, -0.15) is 13.3 Å². The number of anilines is 2. The van der Waals surface area contributed by atoms with Crippen molar-refractivity contribution in [1.82, 2.24) is 19.8 Å². The van der Waals surface area contributed by atoms with Gasteiger partial charge in [0, 0.05) is 31.9 Å². The Hall–Kier alpha value is -2.48. The molecule has 3 heterocycles. The van der Waals surface area contributed by atoms with Gasteiger partial charge in [0.05, 0.1) is 0 Å². The predicted octanol–water partition coefficient (Wildman–Crippen LogP) is 3.36. The van der Waals surface area contributed by atoms with E-state index in [4.69, 9.17) is 11.6 Å². The molecule has 0 radical (unpaired) electrons. The molecule has 1 aliphatic rings. The van der Waals surface area contributed by atoms with Crippen LogP contribution in [0.5, 0.6) is 0 Å². The standard InChI is InChI=1S/C18H19ClF2N6/c1-12-4-3-5-13(2)16(12)26-10-8-25(9-11-26)15-7-6-14-22-23-17(18(19,20)21)27(14)24-15/h3-7H,8-11H2,1-2H3. The molecule has 2 aromatic heterocycles. The molecule has 1 aliphatic heterocycles. The van der Waals surface area contributed by atoms with Crippen molar-refractivity contribution in [2.24, 2.45) is 0 Å². The van der Waals surface area contributed by atoms with Crippen molar-refractivity contribution in [3.8, 4) is 0 Å². The second kappa shape index (κ2) is 6.60. The van der Waals surface area contributed by atoms with Gasteiger partial charge in [0.2, 0.25) is 5.82 Å². The van der Waals surface area contributed by atoms with Crippen molar-refractivity contribution in [2.75, 3.05) is 36.0 Å². The Kier molecular flexibility index (Phi) is 4.38. The molecule has 0 amide bonds. The minimum absolute atomic E-state index is 0.239. The Morgan fingerprint density at radius 3 is 2.19 bits per heavy atom. The third kappa shape index (κ3) is 3.29. The van der Waals surface area contributed by atoms with Crippen LogP contribution in [0.3, 0.4) is 0 Å². The largest absolute Gasteiger partial charge is 0.383 e. The minimum Gasteiger partial charge on any atom is -0.368 e. The average Bonchev–Trinajstić information content (AvgIpc) is 3.05. The predicted molar refractivity (Wildman–Crippen MR) is 101 cm³/mol. The van der Waals surface area contributed by atoms with Crippen molar-refractivity contribution >= 4 is 28.8 Å². The summed E-state index contributed by atoms with van der Waals surface area (Å²) < 4.78 is 28.0. The SMILES string of the molecule is Cc1cccc(C)c1N1CCN(c2ccc3nnc(C(F)(F)Cl)n3n2)CC1. The van der Waals surface area contributed by atoms with Gasteiger partial charge < -0.3 is 9.80 Å². The first-order valence-electron chi connectivity index (χ1n) is 8.70. The van der Waals surface area contributed by atoms with Crippen LogP contribution in [0.25, 0.3) is 5.65 Å². The molecular weight excluding hydrogens is 374 g/mol. The maximum atomic E-state index is 13.5. The van der Waals surface area contributed by atoms with Gasteiger partial charge in [0.15, 0.2) is 5.65 Å². The lowest BCUT2D eigenvalue weighted by molar-refractivity contribution is 0.0820. The van der Waals surface area contributed by atoms with Crippen molar-refractivity contribution in [3.63, 3.8) is 0 Å². The van der Waals surface area contributed by atoms with Gasteiger partial charge in [-0.3, -0.25) is 0 Å². The molecule has 1 aromatic carbocycles. The Morgan fingerprint density at radius 2 is 1.56 bits per heavy atom. The first kappa shape index (κ1) is 17.9. The molecule has 0 N–H and O–H groups in total. The molecule has 0 aliphatic carbocycles. The summed E-state index contributed by atoms with van der Waals surface area (Å²) in [5.74, 6) is -0.0687. The molecule has 4 rings (SSSR count). The topological polar surface area (TPSA) is 49.6 Å². The van der Waals surface area contributed by atoms with Crippen molar-refractivity contribution in [2.45, 2.75) is 19.2 Å². The number of hydrogen-bond donors (Lipinski definition) is 0. The summed E-state index contributed by atoms with van der Waals surface area (Å²) in [5.41, 5.74) is 4.01. The van der Waals surface area contributed by atoms with Crippen molar-refractivity contribution < 1.29 is 8.78 Å². The lowest BCUT2D eigenvalue weighted by atomic mass is 10.1. The fourth-order valence-corrected chi connectivity index (χ4v) is 3.71. The Balaban J connectivity index is 1.56. The quantitative estimate of drug-likeness (QED) is 0.640. The number of aromatic nitrogens is 4. The molecule has 142 valence electrons. The number of benzene rings is 1. The number of piperazine rings is 1. The van der Waals surface area contributed by atoms with E-state index in [1.807, 2.05) is 0 Å². The summed E-state index contributed by atoms with van der Waals surface area (Å²) in [6, 6.07) is 9.69. The highest BCUT2D eigenvalue weighted by Gasteiger charge is 2.35. The molecule has 1 saturated heterocycles. The van der Waals surface area contributed by atoms with Gasteiger partial charge in [-0.05, 0) is 48.7 Å². The monoisotopic (exact) mass is 392 g/mol. The Morgan fingerprint density at radius 1 is 0.926 bits per heavy atom. The number of rotatable bonds is 3. The van der Waals surface area contributed by atoms with Gasteiger partial charge in [-0.1, -0.05) is 18.2 Å². The van der Waals surface area contributed by atoms with Crippen LogP contribution in [-0.4, -0.2) is 46.0 Å². The van der Waals surface area contributed by atoms with Crippen LogP contribution >= 0.6 is 11.6 Å². The third-order valence-corrected chi connectivity index (χ3v) is 5.03. The van der Waals surface area contributed by atoms with Gasteiger partial charge in [0.1, 0.15) is 5.82 Å². The van der Waals surface area contributed by atoms with Crippen LogP contribution < -0.4 is 9.80 Å². The number of nitrogens with zero attached hydrogens (tertiary/aromatic N) is 6. The normalized spacial score (nSPS) is 15.6. The van der Waals surface area contributed by atoms with E-state index in [-0.39, 0.29) is 5.65 Å². The lowest BCUT2D eigenvalue weighted by Gasteiger charge is -2.38. The van der Waals surface area contributed by atoms with E-state index in [2.05, 4.69) is 57.1 Å². The summed E-state index contributed by atoms with van der Waals surface area (Å²) in [4.78, 5) is 4.43. The minimum atomic E-state index is -3.62.